The first-order chi connectivity index (χ1) is 7.35. The van der Waals surface area contributed by atoms with Crippen LogP contribution in [0.4, 0.5) is 0 Å². The summed E-state index contributed by atoms with van der Waals surface area (Å²) in [6.45, 7) is -0.356. The molecule has 0 unspecified atom stereocenters. The Kier molecular flexibility index (Phi) is 2.89. The molecular weight excluding hydrogens is 192 g/mol. The Labute approximate surface area is 87.6 Å². The van der Waals surface area contributed by atoms with Crippen LogP contribution < -0.4 is 0 Å². The van der Waals surface area contributed by atoms with Crippen LogP contribution in [0.3, 0.4) is 0 Å². The minimum absolute atomic E-state index is 0.178. The van der Waals surface area contributed by atoms with Crippen molar-refractivity contribution in [2.75, 3.05) is 13.2 Å². The van der Waals surface area contributed by atoms with E-state index in [0.29, 0.717) is 11.4 Å². The van der Waals surface area contributed by atoms with Crippen LogP contribution >= 0.6 is 0 Å². The van der Waals surface area contributed by atoms with Gasteiger partial charge in [0.25, 0.3) is 0 Å². The second kappa shape index (κ2) is 4.33. The van der Waals surface area contributed by atoms with E-state index in [-0.39, 0.29) is 19.4 Å². The summed E-state index contributed by atoms with van der Waals surface area (Å²) in [4.78, 5) is 8.46. The molecule has 1 aliphatic heterocycles. The molecule has 15 heavy (non-hydrogen) atoms. The van der Waals surface area contributed by atoms with Crippen LogP contribution in [0.1, 0.15) is 11.7 Å². The van der Waals surface area contributed by atoms with Crippen molar-refractivity contribution in [1.82, 2.24) is 0 Å². The zero-order valence-electron chi connectivity index (χ0n) is 8.17. The van der Waals surface area contributed by atoms with Gasteiger partial charge in [-0.2, -0.15) is 0 Å². The van der Waals surface area contributed by atoms with Crippen molar-refractivity contribution in [3.63, 3.8) is 0 Å². The Morgan fingerprint density at radius 1 is 0.933 bits per heavy atom. The van der Waals surface area contributed by atoms with Crippen LogP contribution in [0.2, 0.25) is 0 Å². The molecule has 1 aromatic rings. The summed E-state index contributed by atoms with van der Waals surface area (Å²) in [7, 11) is 0. The molecule has 1 aromatic carbocycles. The lowest BCUT2D eigenvalue weighted by molar-refractivity contribution is 0.350. The van der Waals surface area contributed by atoms with Gasteiger partial charge in [-0.15, -0.1) is 0 Å². The van der Waals surface area contributed by atoms with Gasteiger partial charge in [0.2, 0.25) is 0 Å². The van der Waals surface area contributed by atoms with Crippen LogP contribution in [0.15, 0.2) is 40.3 Å². The summed E-state index contributed by atoms with van der Waals surface area (Å²) in [5, 5.41) is 18.0. The Morgan fingerprint density at radius 3 is 1.93 bits per heavy atom. The molecule has 0 atom stereocenters. The van der Waals surface area contributed by atoms with Crippen molar-refractivity contribution in [2.45, 2.75) is 6.17 Å². The summed E-state index contributed by atoms with van der Waals surface area (Å²) < 4.78 is 0. The maximum Gasteiger partial charge on any atom is 0.166 e. The minimum atomic E-state index is -0.310. The number of benzene rings is 1. The molecule has 1 aliphatic rings. The summed E-state index contributed by atoms with van der Waals surface area (Å²) in [6.07, 6.45) is -0.310. The molecular formula is C11H12N2O2. The Hall–Kier alpha value is -1.52. The van der Waals surface area contributed by atoms with Gasteiger partial charge in [-0.05, 0) is 5.56 Å². The van der Waals surface area contributed by atoms with Crippen molar-refractivity contribution < 1.29 is 10.2 Å². The van der Waals surface area contributed by atoms with Crippen LogP contribution in [-0.2, 0) is 0 Å². The molecule has 0 aromatic heterocycles. The zero-order chi connectivity index (χ0) is 10.7. The molecule has 2 N–H and O–H groups in total. The third-order valence-electron chi connectivity index (χ3n) is 2.29. The topological polar surface area (TPSA) is 65.2 Å². The summed E-state index contributed by atoms with van der Waals surface area (Å²) in [5.74, 6) is 0. The van der Waals surface area contributed by atoms with E-state index in [1.165, 1.54) is 0 Å². The van der Waals surface area contributed by atoms with E-state index in [1.54, 1.807) is 0 Å². The summed E-state index contributed by atoms with van der Waals surface area (Å²) in [5.41, 5.74) is 1.92. The molecule has 4 nitrogen and oxygen atoms in total. The fourth-order valence-corrected chi connectivity index (χ4v) is 1.51. The predicted octanol–water partition coefficient (Wildman–Crippen LogP) is 0.565. The molecule has 4 heteroatoms. The van der Waals surface area contributed by atoms with Gasteiger partial charge in [0.15, 0.2) is 6.17 Å². The highest BCUT2D eigenvalue weighted by molar-refractivity contribution is 6.44. The van der Waals surface area contributed by atoms with E-state index in [4.69, 9.17) is 10.2 Å². The van der Waals surface area contributed by atoms with Crippen LogP contribution in [0.5, 0.6) is 0 Å². The lowest BCUT2D eigenvalue weighted by atomic mass is 10.2. The zero-order valence-corrected chi connectivity index (χ0v) is 8.17. The molecule has 0 bridgehead atoms. The summed E-state index contributed by atoms with van der Waals surface area (Å²) in [6, 6.07) is 9.59. The standard InChI is InChI=1S/C11H12N2O2/c14-6-9-10(7-15)13-11(12-9)8-4-2-1-3-5-8/h1-5,11,14-15H,6-7H2. The van der Waals surface area contributed by atoms with Crippen molar-refractivity contribution in [3.05, 3.63) is 35.9 Å². The van der Waals surface area contributed by atoms with Crippen molar-refractivity contribution in [1.29, 1.82) is 0 Å². The van der Waals surface area contributed by atoms with Crippen LogP contribution in [-0.4, -0.2) is 34.9 Å². The monoisotopic (exact) mass is 204 g/mol. The lowest BCUT2D eigenvalue weighted by Gasteiger charge is -2.02. The van der Waals surface area contributed by atoms with E-state index in [1.807, 2.05) is 30.3 Å². The Balaban J connectivity index is 2.28. The van der Waals surface area contributed by atoms with Crippen molar-refractivity contribution in [3.8, 4) is 0 Å². The van der Waals surface area contributed by atoms with Gasteiger partial charge in [-0.25, -0.2) is 0 Å². The Morgan fingerprint density at radius 2 is 1.47 bits per heavy atom. The largest absolute Gasteiger partial charge is 0.390 e. The van der Waals surface area contributed by atoms with Gasteiger partial charge in [0, 0.05) is 0 Å². The highest BCUT2D eigenvalue weighted by Gasteiger charge is 2.20. The molecule has 0 spiro atoms. The normalized spacial score (nSPS) is 16.4. The number of aliphatic imine (C=N–C) groups is 2. The molecule has 0 saturated carbocycles. The van der Waals surface area contributed by atoms with E-state index >= 15 is 0 Å². The number of nitrogens with zero attached hydrogens (tertiary/aromatic N) is 2. The average Bonchev–Trinajstić information content (AvgIpc) is 2.73. The Bertz CT molecular complexity index is 378. The molecule has 1 heterocycles. The number of hydrogen-bond donors (Lipinski definition) is 2. The van der Waals surface area contributed by atoms with Gasteiger partial charge >= 0.3 is 0 Å². The SMILES string of the molecule is OCC1=NC(c2ccccc2)N=C1CO. The number of hydrogen-bond acceptors (Lipinski definition) is 4. The van der Waals surface area contributed by atoms with E-state index in [0.717, 1.165) is 5.56 Å². The predicted molar refractivity (Wildman–Crippen MR) is 58.2 cm³/mol. The number of aliphatic hydroxyl groups is 2. The summed E-state index contributed by atoms with van der Waals surface area (Å²) >= 11 is 0. The highest BCUT2D eigenvalue weighted by atomic mass is 16.3. The van der Waals surface area contributed by atoms with Crippen LogP contribution in [0, 0.1) is 0 Å². The molecule has 2 rings (SSSR count). The van der Waals surface area contributed by atoms with Gasteiger partial charge in [0.05, 0.1) is 24.6 Å². The maximum absolute atomic E-state index is 9.01. The van der Waals surface area contributed by atoms with Gasteiger partial charge in [-0.1, -0.05) is 30.3 Å². The quantitative estimate of drug-likeness (QED) is 0.755. The van der Waals surface area contributed by atoms with Gasteiger partial charge in [-0.3, -0.25) is 9.98 Å². The van der Waals surface area contributed by atoms with Gasteiger partial charge in [0.1, 0.15) is 0 Å². The second-order valence-corrected chi connectivity index (χ2v) is 3.25. The molecule has 0 aliphatic carbocycles. The number of aliphatic hydroxyl groups excluding tert-OH is 2. The third-order valence-corrected chi connectivity index (χ3v) is 2.29. The third kappa shape index (κ3) is 1.95. The average molecular weight is 204 g/mol. The molecule has 0 amide bonds. The van der Waals surface area contributed by atoms with E-state index < -0.39 is 0 Å². The first kappa shape index (κ1) is 10.0. The maximum atomic E-state index is 9.01. The van der Waals surface area contributed by atoms with E-state index in [9.17, 15) is 0 Å². The first-order valence-electron chi connectivity index (χ1n) is 4.75. The highest BCUT2D eigenvalue weighted by Crippen LogP contribution is 2.23. The first-order valence-corrected chi connectivity index (χ1v) is 4.75. The molecule has 0 radical (unpaired) electrons. The van der Waals surface area contributed by atoms with E-state index in [2.05, 4.69) is 9.98 Å². The number of rotatable bonds is 3. The van der Waals surface area contributed by atoms with Gasteiger partial charge < -0.3 is 10.2 Å². The second-order valence-electron chi connectivity index (χ2n) is 3.25. The molecule has 0 saturated heterocycles. The lowest BCUT2D eigenvalue weighted by Crippen LogP contribution is -2.18. The van der Waals surface area contributed by atoms with Crippen molar-refractivity contribution >= 4 is 11.4 Å². The fourth-order valence-electron chi connectivity index (χ4n) is 1.51. The van der Waals surface area contributed by atoms with Crippen molar-refractivity contribution in [2.24, 2.45) is 9.98 Å². The van der Waals surface area contributed by atoms with Crippen LogP contribution in [0.25, 0.3) is 0 Å². The molecule has 0 fully saturated rings. The molecule has 78 valence electrons. The smallest absolute Gasteiger partial charge is 0.166 e. The minimum Gasteiger partial charge on any atom is -0.390 e. The fraction of sp³-hybridized carbons (Fsp3) is 0.273.